The smallest absolute Gasteiger partial charge is 0.127 e. The number of hydrogen-bond acceptors (Lipinski definition) is 2. The fourth-order valence-corrected chi connectivity index (χ4v) is 3.92. The molecular weight excluding hydrogens is 306 g/mol. The van der Waals surface area contributed by atoms with Crippen molar-refractivity contribution in [1.29, 1.82) is 0 Å². The molecule has 1 heterocycles. The third kappa shape index (κ3) is 5.61. The third-order valence-electron chi connectivity index (χ3n) is 5.21. The van der Waals surface area contributed by atoms with Crippen molar-refractivity contribution in [3.8, 4) is 11.5 Å². The van der Waals surface area contributed by atoms with Gasteiger partial charge in [-0.15, -0.1) is 0 Å². The van der Waals surface area contributed by atoms with Crippen LogP contribution in [0.25, 0.3) is 0 Å². The molecule has 25 heavy (non-hydrogen) atoms. The summed E-state index contributed by atoms with van der Waals surface area (Å²) in [4.78, 5) is 2.67. The van der Waals surface area contributed by atoms with Crippen LogP contribution in [0, 0.1) is 11.8 Å². The minimum Gasteiger partial charge on any atom is -0.457 e. The Balaban J connectivity index is 1.54. The molecule has 134 valence electrons. The summed E-state index contributed by atoms with van der Waals surface area (Å²) in [6.07, 6.45) is 5.22. The van der Waals surface area contributed by atoms with Gasteiger partial charge in [0.05, 0.1) is 0 Å². The Kier molecular flexibility index (Phi) is 6.52. The second-order valence-electron chi connectivity index (χ2n) is 7.55. The minimum atomic E-state index is 0.669. The topological polar surface area (TPSA) is 12.5 Å². The van der Waals surface area contributed by atoms with Crippen LogP contribution in [0.1, 0.15) is 38.7 Å². The number of hydrogen-bond donors (Lipinski definition) is 0. The normalized spacial score (nSPS) is 19.5. The monoisotopic (exact) mass is 337 g/mol. The van der Waals surface area contributed by atoms with Crippen LogP contribution in [0.15, 0.2) is 54.6 Å². The van der Waals surface area contributed by atoms with Gasteiger partial charge in [-0.25, -0.2) is 0 Å². The van der Waals surface area contributed by atoms with Crippen molar-refractivity contribution in [3.63, 3.8) is 0 Å². The average Bonchev–Trinajstić information content (AvgIpc) is 2.63. The van der Waals surface area contributed by atoms with E-state index >= 15 is 0 Å². The van der Waals surface area contributed by atoms with Gasteiger partial charge in [-0.05, 0) is 67.5 Å². The van der Waals surface area contributed by atoms with E-state index in [9.17, 15) is 0 Å². The Labute approximate surface area is 152 Å². The molecule has 0 spiro atoms. The summed E-state index contributed by atoms with van der Waals surface area (Å²) in [5.41, 5.74) is 1.37. The summed E-state index contributed by atoms with van der Waals surface area (Å²) >= 11 is 0. The zero-order valence-corrected chi connectivity index (χ0v) is 15.7. The molecule has 3 rings (SSSR count). The highest BCUT2D eigenvalue weighted by atomic mass is 16.5. The van der Waals surface area contributed by atoms with Crippen LogP contribution >= 0.6 is 0 Å². The van der Waals surface area contributed by atoms with Crippen molar-refractivity contribution in [3.05, 3.63) is 60.2 Å². The van der Waals surface area contributed by atoms with Gasteiger partial charge in [0.25, 0.3) is 0 Å². The van der Waals surface area contributed by atoms with E-state index in [2.05, 4.69) is 36.9 Å². The molecule has 1 saturated heterocycles. The third-order valence-corrected chi connectivity index (χ3v) is 5.21. The number of rotatable bonds is 7. The highest BCUT2D eigenvalue weighted by molar-refractivity contribution is 5.34. The Morgan fingerprint density at radius 2 is 1.88 bits per heavy atom. The number of para-hydroxylation sites is 1. The number of nitrogens with zero attached hydrogens (tertiary/aromatic N) is 1. The van der Waals surface area contributed by atoms with Gasteiger partial charge >= 0.3 is 0 Å². The lowest BCUT2D eigenvalue weighted by Gasteiger charge is -2.34. The first kappa shape index (κ1) is 18.0. The summed E-state index contributed by atoms with van der Waals surface area (Å²) < 4.78 is 5.97. The fraction of sp³-hybridized carbons (Fsp3) is 0.478. The zero-order chi connectivity index (χ0) is 17.5. The van der Waals surface area contributed by atoms with Crippen LogP contribution in [0.2, 0.25) is 0 Å². The zero-order valence-electron chi connectivity index (χ0n) is 15.7. The van der Waals surface area contributed by atoms with E-state index in [-0.39, 0.29) is 0 Å². The minimum absolute atomic E-state index is 0.669. The van der Waals surface area contributed by atoms with Gasteiger partial charge in [0.15, 0.2) is 0 Å². The SMILES string of the molecule is CCC1CCCN(CC(C)Cc2cccc(Oc3ccccc3)c2)C1. The quantitative estimate of drug-likeness (QED) is 0.635. The second-order valence-corrected chi connectivity index (χ2v) is 7.55. The summed E-state index contributed by atoms with van der Waals surface area (Å²) in [7, 11) is 0. The van der Waals surface area contributed by atoms with Gasteiger partial charge < -0.3 is 9.64 Å². The molecule has 2 unspecified atom stereocenters. The van der Waals surface area contributed by atoms with Gasteiger partial charge in [0.1, 0.15) is 11.5 Å². The Hall–Kier alpha value is -1.80. The summed E-state index contributed by atoms with van der Waals surface area (Å²) in [6, 6.07) is 18.6. The summed E-state index contributed by atoms with van der Waals surface area (Å²) in [6.45, 7) is 8.48. The van der Waals surface area contributed by atoms with Crippen LogP contribution in [0.5, 0.6) is 11.5 Å². The van der Waals surface area contributed by atoms with Gasteiger partial charge in [-0.1, -0.05) is 50.6 Å². The van der Waals surface area contributed by atoms with Gasteiger partial charge in [0, 0.05) is 13.1 Å². The number of ether oxygens (including phenoxy) is 1. The molecule has 0 amide bonds. The Bertz CT molecular complexity index is 640. The standard InChI is InChI=1S/C23H31NO/c1-3-20-10-8-14-24(18-20)17-19(2)15-21-9-7-13-23(16-21)25-22-11-5-4-6-12-22/h4-7,9,11-13,16,19-20H,3,8,10,14-15,17-18H2,1-2H3. The molecule has 2 atom stereocenters. The van der Waals surface area contributed by atoms with Gasteiger partial charge in [-0.3, -0.25) is 0 Å². The first-order valence-corrected chi connectivity index (χ1v) is 9.77. The Morgan fingerprint density at radius 1 is 1.08 bits per heavy atom. The number of likely N-dealkylation sites (tertiary alicyclic amines) is 1. The van der Waals surface area contributed by atoms with E-state index in [0.29, 0.717) is 5.92 Å². The van der Waals surface area contributed by atoms with E-state index in [1.54, 1.807) is 0 Å². The molecule has 2 aromatic rings. The van der Waals surface area contributed by atoms with Crippen LogP contribution in [-0.4, -0.2) is 24.5 Å². The summed E-state index contributed by atoms with van der Waals surface area (Å²) in [5.74, 6) is 3.40. The molecule has 0 saturated carbocycles. The predicted molar refractivity (Wildman–Crippen MR) is 105 cm³/mol. The molecule has 0 aliphatic carbocycles. The molecule has 1 aliphatic rings. The maximum Gasteiger partial charge on any atom is 0.127 e. The van der Waals surface area contributed by atoms with E-state index in [4.69, 9.17) is 4.74 Å². The molecular formula is C23H31NO. The van der Waals surface area contributed by atoms with Crippen molar-refractivity contribution < 1.29 is 4.74 Å². The predicted octanol–water partition coefficient (Wildman–Crippen LogP) is 5.78. The fourth-order valence-electron chi connectivity index (χ4n) is 3.92. The second kappa shape index (κ2) is 9.05. The molecule has 0 bridgehead atoms. The van der Waals surface area contributed by atoms with Crippen molar-refractivity contribution in [2.45, 2.75) is 39.5 Å². The molecule has 0 N–H and O–H groups in total. The molecule has 2 aromatic carbocycles. The van der Waals surface area contributed by atoms with Crippen LogP contribution in [-0.2, 0) is 6.42 Å². The summed E-state index contributed by atoms with van der Waals surface area (Å²) in [5, 5.41) is 0. The first-order valence-electron chi connectivity index (χ1n) is 9.77. The molecule has 0 aromatic heterocycles. The van der Waals surface area contributed by atoms with Crippen molar-refractivity contribution in [2.75, 3.05) is 19.6 Å². The van der Waals surface area contributed by atoms with Gasteiger partial charge in [0.2, 0.25) is 0 Å². The maximum atomic E-state index is 5.97. The average molecular weight is 338 g/mol. The van der Waals surface area contributed by atoms with Crippen LogP contribution in [0.3, 0.4) is 0 Å². The molecule has 2 nitrogen and oxygen atoms in total. The maximum absolute atomic E-state index is 5.97. The van der Waals surface area contributed by atoms with E-state index < -0.39 is 0 Å². The van der Waals surface area contributed by atoms with Crippen molar-refractivity contribution >= 4 is 0 Å². The lowest BCUT2D eigenvalue weighted by atomic mass is 9.94. The van der Waals surface area contributed by atoms with Crippen LogP contribution < -0.4 is 4.74 Å². The lowest BCUT2D eigenvalue weighted by Crippen LogP contribution is -2.38. The molecule has 1 fully saturated rings. The molecule has 0 radical (unpaired) electrons. The van der Waals surface area contributed by atoms with Crippen LogP contribution in [0.4, 0.5) is 0 Å². The number of benzene rings is 2. The molecule has 1 aliphatic heterocycles. The Morgan fingerprint density at radius 3 is 2.68 bits per heavy atom. The van der Waals surface area contributed by atoms with E-state index in [1.807, 2.05) is 36.4 Å². The molecule has 2 heteroatoms. The number of piperidine rings is 1. The largest absolute Gasteiger partial charge is 0.457 e. The van der Waals surface area contributed by atoms with Crippen molar-refractivity contribution in [2.24, 2.45) is 11.8 Å². The van der Waals surface area contributed by atoms with Gasteiger partial charge in [-0.2, -0.15) is 0 Å². The highest BCUT2D eigenvalue weighted by Crippen LogP contribution is 2.24. The van der Waals surface area contributed by atoms with E-state index in [0.717, 1.165) is 23.8 Å². The van der Waals surface area contributed by atoms with E-state index in [1.165, 1.54) is 44.5 Å². The first-order chi connectivity index (χ1) is 12.2. The van der Waals surface area contributed by atoms with Crippen molar-refractivity contribution in [1.82, 2.24) is 4.90 Å². The highest BCUT2D eigenvalue weighted by Gasteiger charge is 2.20. The lowest BCUT2D eigenvalue weighted by molar-refractivity contribution is 0.152.